The second kappa shape index (κ2) is 12.1. The van der Waals surface area contributed by atoms with Gasteiger partial charge in [-0.2, -0.15) is 0 Å². The lowest BCUT2D eigenvalue weighted by molar-refractivity contribution is -0.274. The third-order valence-corrected chi connectivity index (χ3v) is 4.78. The van der Waals surface area contributed by atoms with Crippen molar-refractivity contribution in [1.29, 1.82) is 0 Å². The van der Waals surface area contributed by atoms with Crippen molar-refractivity contribution >= 4 is 29.9 Å². The number of hydrogen-bond acceptors (Lipinski definition) is 4. The third-order valence-electron chi connectivity index (χ3n) is 4.78. The number of nitrogens with zero attached hydrogens (tertiary/aromatic N) is 4. The van der Waals surface area contributed by atoms with Crippen LogP contribution in [0.2, 0.25) is 0 Å². The average molecular weight is 552 g/mol. The van der Waals surface area contributed by atoms with E-state index in [1.54, 1.807) is 12.1 Å². The summed E-state index contributed by atoms with van der Waals surface area (Å²) in [7, 11) is 0. The summed E-state index contributed by atoms with van der Waals surface area (Å²) in [5.41, 5.74) is 0.356. The van der Waals surface area contributed by atoms with Gasteiger partial charge in [0.2, 0.25) is 0 Å². The van der Waals surface area contributed by atoms with Gasteiger partial charge in [0.1, 0.15) is 17.4 Å². The van der Waals surface area contributed by atoms with Crippen LogP contribution in [0, 0.1) is 0 Å². The van der Waals surface area contributed by atoms with Crippen LogP contribution in [-0.2, 0) is 25.9 Å². The maximum atomic E-state index is 12.6. The van der Waals surface area contributed by atoms with E-state index in [-0.39, 0.29) is 36.3 Å². The van der Waals surface area contributed by atoms with Crippen molar-refractivity contribution in [2.45, 2.75) is 58.5 Å². The minimum Gasteiger partial charge on any atom is -0.405 e. The summed E-state index contributed by atoms with van der Waals surface area (Å²) in [4.78, 5) is 4.40. The van der Waals surface area contributed by atoms with E-state index in [1.807, 2.05) is 6.92 Å². The van der Waals surface area contributed by atoms with Crippen LogP contribution in [-0.4, -0.2) is 40.2 Å². The number of guanidine groups is 1. The Labute approximate surface area is 196 Å². The molecule has 0 radical (unpaired) electrons. The molecule has 2 N–H and O–H groups in total. The van der Waals surface area contributed by atoms with E-state index in [2.05, 4.69) is 35.1 Å². The highest BCUT2D eigenvalue weighted by Crippen LogP contribution is 2.26. The van der Waals surface area contributed by atoms with E-state index in [0.29, 0.717) is 31.0 Å². The van der Waals surface area contributed by atoms with Crippen molar-refractivity contribution in [3.63, 3.8) is 0 Å². The fourth-order valence-electron chi connectivity index (χ4n) is 3.39. The molecular formula is C20H28F3IN6O. The zero-order valence-corrected chi connectivity index (χ0v) is 19.7. The van der Waals surface area contributed by atoms with E-state index in [0.717, 1.165) is 37.5 Å². The lowest BCUT2D eigenvalue weighted by atomic mass is 10.2. The molecule has 0 aliphatic carbocycles. The summed E-state index contributed by atoms with van der Waals surface area (Å²) in [6.07, 6.45) is 0.397. The second-order valence-electron chi connectivity index (χ2n) is 7.02. The molecule has 3 rings (SSSR count). The Balaban J connectivity index is 0.00000341. The van der Waals surface area contributed by atoms with Crippen molar-refractivity contribution in [2.75, 3.05) is 13.1 Å². The van der Waals surface area contributed by atoms with Crippen LogP contribution in [0.1, 0.15) is 43.4 Å². The first-order chi connectivity index (χ1) is 14.5. The molecule has 0 bridgehead atoms. The van der Waals surface area contributed by atoms with Gasteiger partial charge in [0, 0.05) is 38.0 Å². The van der Waals surface area contributed by atoms with Gasteiger partial charge in [-0.05, 0) is 25.8 Å². The lowest BCUT2D eigenvalue weighted by Gasteiger charge is -2.14. The Morgan fingerprint density at radius 1 is 1.16 bits per heavy atom. The normalized spacial score (nSPS) is 14.3. The highest BCUT2D eigenvalue weighted by molar-refractivity contribution is 14.0. The summed E-state index contributed by atoms with van der Waals surface area (Å²) < 4.78 is 44.1. The SMILES string of the molecule is CCNC(=NCc1ccccc1OC(F)(F)F)NCCc1nnc2n1CCCCC2.I. The van der Waals surface area contributed by atoms with Gasteiger partial charge in [-0.1, -0.05) is 24.6 Å². The van der Waals surface area contributed by atoms with E-state index in [4.69, 9.17) is 0 Å². The topological polar surface area (TPSA) is 76.4 Å². The predicted octanol–water partition coefficient (Wildman–Crippen LogP) is 3.82. The van der Waals surface area contributed by atoms with E-state index < -0.39 is 6.36 Å². The predicted molar refractivity (Wildman–Crippen MR) is 123 cm³/mol. The number of hydrogen-bond donors (Lipinski definition) is 2. The van der Waals surface area contributed by atoms with Crippen LogP contribution in [0.15, 0.2) is 29.3 Å². The molecule has 11 heteroatoms. The summed E-state index contributed by atoms with van der Waals surface area (Å²) in [5.74, 6) is 2.27. The number of alkyl halides is 3. The first-order valence-corrected chi connectivity index (χ1v) is 10.2. The molecule has 0 atom stereocenters. The average Bonchev–Trinajstić information content (AvgIpc) is 2.92. The molecule has 0 spiro atoms. The van der Waals surface area contributed by atoms with E-state index in [9.17, 15) is 13.2 Å². The van der Waals surface area contributed by atoms with Crippen molar-refractivity contribution in [1.82, 2.24) is 25.4 Å². The molecule has 1 aromatic heterocycles. The van der Waals surface area contributed by atoms with Gasteiger partial charge < -0.3 is 19.9 Å². The number of aromatic nitrogens is 3. The van der Waals surface area contributed by atoms with Gasteiger partial charge in [-0.25, -0.2) is 4.99 Å². The van der Waals surface area contributed by atoms with Crippen LogP contribution in [0.25, 0.3) is 0 Å². The largest absolute Gasteiger partial charge is 0.573 e. The van der Waals surface area contributed by atoms with Crippen molar-refractivity contribution in [3.05, 3.63) is 41.5 Å². The molecule has 172 valence electrons. The minimum absolute atomic E-state index is 0. The van der Waals surface area contributed by atoms with E-state index >= 15 is 0 Å². The number of aliphatic imine (C=N–C) groups is 1. The quantitative estimate of drug-likeness (QED) is 0.311. The summed E-state index contributed by atoms with van der Waals surface area (Å²) in [6, 6.07) is 6.01. The molecule has 1 aliphatic heterocycles. The summed E-state index contributed by atoms with van der Waals surface area (Å²) in [6.45, 7) is 4.15. The van der Waals surface area contributed by atoms with Crippen molar-refractivity contribution < 1.29 is 17.9 Å². The number of aryl methyl sites for hydroxylation is 1. The maximum Gasteiger partial charge on any atom is 0.573 e. The Morgan fingerprint density at radius 3 is 2.74 bits per heavy atom. The maximum absolute atomic E-state index is 12.6. The zero-order chi connectivity index (χ0) is 21.4. The molecule has 31 heavy (non-hydrogen) atoms. The highest BCUT2D eigenvalue weighted by Gasteiger charge is 2.31. The highest BCUT2D eigenvalue weighted by atomic mass is 127. The third kappa shape index (κ3) is 7.86. The molecule has 0 saturated carbocycles. The van der Waals surface area contributed by atoms with Crippen LogP contribution in [0.5, 0.6) is 5.75 Å². The molecule has 2 aromatic rings. The summed E-state index contributed by atoms with van der Waals surface area (Å²) in [5, 5.41) is 14.9. The number of rotatable bonds is 7. The van der Waals surface area contributed by atoms with Gasteiger partial charge in [-0.3, -0.25) is 0 Å². The minimum atomic E-state index is -4.74. The van der Waals surface area contributed by atoms with E-state index in [1.165, 1.54) is 18.6 Å². The Kier molecular flexibility index (Phi) is 9.85. The van der Waals surface area contributed by atoms with Crippen molar-refractivity contribution in [3.8, 4) is 5.75 Å². The van der Waals surface area contributed by atoms with Crippen molar-refractivity contribution in [2.24, 2.45) is 4.99 Å². The molecule has 0 saturated heterocycles. The molecule has 1 aliphatic rings. The zero-order valence-electron chi connectivity index (χ0n) is 17.4. The van der Waals surface area contributed by atoms with Crippen LogP contribution in [0.4, 0.5) is 13.2 Å². The lowest BCUT2D eigenvalue weighted by Crippen LogP contribution is -2.38. The molecule has 0 amide bonds. The monoisotopic (exact) mass is 552 g/mol. The number of halogens is 4. The molecule has 2 heterocycles. The number of para-hydroxylation sites is 1. The number of nitrogens with one attached hydrogen (secondary N) is 2. The Hall–Kier alpha value is -2.05. The van der Waals surface area contributed by atoms with Gasteiger partial charge >= 0.3 is 6.36 Å². The van der Waals surface area contributed by atoms with Crippen LogP contribution >= 0.6 is 24.0 Å². The van der Waals surface area contributed by atoms with Gasteiger partial charge in [0.15, 0.2) is 5.96 Å². The fraction of sp³-hybridized carbons (Fsp3) is 0.550. The molecule has 0 unspecified atom stereocenters. The van der Waals surface area contributed by atoms with Gasteiger partial charge in [0.25, 0.3) is 0 Å². The first-order valence-electron chi connectivity index (χ1n) is 10.2. The molecular weight excluding hydrogens is 524 g/mol. The van der Waals surface area contributed by atoms with Gasteiger partial charge in [0.05, 0.1) is 6.54 Å². The fourth-order valence-corrected chi connectivity index (χ4v) is 3.39. The Bertz CT molecular complexity index is 856. The smallest absolute Gasteiger partial charge is 0.405 e. The Morgan fingerprint density at radius 2 is 1.97 bits per heavy atom. The molecule has 1 aromatic carbocycles. The number of ether oxygens (including phenoxy) is 1. The molecule has 0 fully saturated rings. The molecule has 7 nitrogen and oxygen atoms in total. The second-order valence-corrected chi connectivity index (χ2v) is 7.02. The van der Waals surface area contributed by atoms with Crippen LogP contribution < -0.4 is 15.4 Å². The number of fused-ring (bicyclic) bond motifs is 1. The first kappa shape index (κ1) is 25.2. The summed E-state index contributed by atoms with van der Waals surface area (Å²) >= 11 is 0. The standard InChI is InChI=1S/C20H27F3N6O.HI/c1-2-24-19(26-14-15-8-5-6-9-16(15)30-20(21,22)23)25-12-11-18-28-27-17-10-4-3-7-13-29(17)18;/h5-6,8-9H,2-4,7,10-14H2,1H3,(H2,24,25,26);1H. The number of benzene rings is 1. The van der Waals surface area contributed by atoms with Gasteiger partial charge in [-0.15, -0.1) is 47.3 Å². The van der Waals surface area contributed by atoms with Crippen LogP contribution in [0.3, 0.4) is 0 Å².